The minimum atomic E-state index is -1.09. The zero-order valence-corrected chi connectivity index (χ0v) is 22.5. The Morgan fingerprint density at radius 2 is 1.76 bits per heavy atom. The summed E-state index contributed by atoms with van der Waals surface area (Å²) in [7, 11) is 0. The highest BCUT2D eigenvalue weighted by Crippen LogP contribution is 2.39. The van der Waals surface area contributed by atoms with Crippen molar-refractivity contribution in [3.05, 3.63) is 35.9 Å². The number of hydrogen-bond donors (Lipinski definition) is 5. The third-order valence-electron chi connectivity index (χ3n) is 7.57. The highest BCUT2D eigenvalue weighted by molar-refractivity contribution is 5.87. The first-order valence-electron chi connectivity index (χ1n) is 13.5. The number of amides is 3. The Kier molecular flexibility index (Phi) is 10.1. The van der Waals surface area contributed by atoms with E-state index in [0.29, 0.717) is 18.3 Å². The first kappa shape index (κ1) is 29.1. The van der Waals surface area contributed by atoms with Gasteiger partial charge in [-0.25, -0.2) is 0 Å². The van der Waals surface area contributed by atoms with Crippen LogP contribution in [0.15, 0.2) is 30.3 Å². The van der Waals surface area contributed by atoms with Crippen LogP contribution in [0.5, 0.6) is 0 Å². The van der Waals surface area contributed by atoms with Gasteiger partial charge in [-0.15, -0.1) is 0 Å². The molecule has 1 heterocycles. The largest absolute Gasteiger partial charge is 0.390 e. The van der Waals surface area contributed by atoms with Crippen LogP contribution in [0.25, 0.3) is 0 Å². The topological polar surface area (TPSA) is 151 Å². The Hall–Kier alpha value is -2.49. The van der Waals surface area contributed by atoms with Crippen LogP contribution in [0.2, 0.25) is 0 Å². The molecule has 0 radical (unpaired) electrons. The van der Waals surface area contributed by atoms with Crippen LogP contribution in [-0.2, 0) is 20.8 Å². The van der Waals surface area contributed by atoms with Crippen LogP contribution in [0.4, 0.5) is 0 Å². The van der Waals surface area contributed by atoms with Crippen molar-refractivity contribution in [1.29, 1.82) is 0 Å². The Bertz CT molecular complexity index is 919. The maximum Gasteiger partial charge on any atom is 0.237 e. The number of β-amino-alcohol motifs (C(OH)–C–C–N with tert-alkyl or cyclic N) is 1. The zero-order valence-electron chi connectivity index (χ0n) is 22.5. The molecule has 9 heteroatoms. The van der Waals surface area contributed by atoms with Gasteiger partial charge in [-0.05, 0) is 57.4 Å². The fourth-order valence-corrected chi connectivity index (χ4v) is 5.74. The molecule has 1 aromatic carbocycles. The monoisotopic (exact) mass is 515 g/mol. The fraction of sp³-hybridized carbons (Fsp3) is 0.679. The highest BCUT2D eigenvalue weighted by Gasteiger charge is 2.41. The molecule has 9 nitrogen and oxygen atoms in total. The lowest BCUT2D eigenvalue weighted by molar-refractivity contribution is -0.133. The van der Waals surface area contributed by atoms with E-state index >= 15 is 0 Å². The number of nitrogens with zero attached hydrogens (tertiary/aromatic N) is 1. The Balaban J connectivity index is 1.78. The number of piperidine rings is 1. The summed E-state index contributed by atoms with van der Waals surface area (Å²) < 4.78 is 0. The van der Waals surface area contributed by atoms with Crippen LogP contribution in [-0.4, -0.2) is 70.6 Å². The molecule has 206 valence electrons. The molecule has 7 N–H and O–H groups in total. The van der Waals surface area contributed by atoms with Gasteiger partial charge in [-0.1, -0.05) is 49.6 Å². The molecule has 1 aliphatic carbocycles. The van der Waals surface area contributed by atoms with Gasteiger partial charge in [0, 0.05) is 18.6 Å². The summed E-state index contributed by atoms with van der Waals surface area (Å²) in [5.74, 6) is -0.191. The molecule has 6 atom stereocenters. The minimum Gasteiger partial charge on any atom is -0.390 e. The van der Waals surface area contributed by atoms with E-state index < -0.39 is 30.0 Å². The van der Waals surface area contributed by atoms with Crippen LogP contribution in [0, 0.1) is 11.8 Å². The van der Waals surface area contributed by atoms with Gasteiger partial charge in [0.1, 0.15) is 0 Å². The minimum absolute atomic E-state index is 0.0177. The Morgan fingerprint density at radius 3 is 2.38 bits per heavy atom. The predicted molar refractivity (Wildman–Crippen MR) is 143 cm³/mol. The van der Waals surface area contributed by atoms with Crippen molar-refractivity contribution in [3.63, 3.8) is 0 Å². The van der Waals surface area contributed by atoms with Crippen LogP contribution >= 0.6 is 0 Å². The van der Waals surface area contributed by atoms with Gasteiger partial charge in [-0.2, -0.15) is 0 Å². The molecule has 0 unspecified atom stereocenters. The summed E-state index contributed by atoms with van der Waals surface area (Å²) in [6.07, 6.45) is 4.62. The number of rotatable bonds is 10. The smallest absolute Gasteiger partial charge is 0.237 e. The molecular formula is C28H45N5O4. The normalized spacial score (nSPS) is 24.8. The molecular weight excluding hydrogens is 470 g/mol. The molecule has 0 spiro atoms. The van der Waals surface area contributed by atoms with Crippen LogP contribution in [0.1, 0.15) is 64.9 Å². The van der Waals surface area contributed by atoms with Gasteiger partial charge >= 0.3 is 0 Å². The highest BCUT2D eigenvalue weighted by atomic mass is 16.3. The molecule has 2 fully saturated rings. The number of carbonyl (C=O) groups excluding carboxylic acids is 3. The number of nitrogens with one attached hydrogen (secondary N) is 2. The molecule has 0 bridgehead atoms. The number of hydrogen-bond acceptors (Lipinski definition) is 6. The van der Waals surface area contributed by atoms with Crippen molar-refractivity contribution in [1.82, 2.24) is 15.5 Å². The van der Waals surface area contributed by atoms with E-state index in [4.69, 9.17) is 11.5 Å². The second-order valence-corrected chi connectivity index (χ2v) is 11.9. The summed E-state index contributed by atoms with van der Waals surface area (Å²) in [5, 5.41) is 17.4. The van der Waals surface area contributed by atoms with Gasteiger partial charge < -0.3 is 27.2 Å². The Morgan fingerprint density at radius 1 is 1.11 bits per heavy atom. The molecule has 3 rings (SSSR count). The Labute approximate surface area is 220 Å². The standard InChI is InChI=1S/C28H45N5O4/c1-28(2,3)32-27(37)23-14-19-11-7-8-12-20(19)16-33(23)17-24(34)22(13-18-9-5-4-6-10-18)31-26(36)21(29)15-25(30)35/h4-6,9-10,19-24,34H,7-8,11-17,29H2,1-3H3,(H2,30,35)(H,31,36)(H,32,37)/t19-,20+,21+,22+,23-,24+/m1/s1. The van der Waals surface area contributed by atoms with Crippen molar-refractivity contribution in [3.8, 4) is 0 Å². The first-order valence-corrected chi connectivity index (χ1v) is 13.5. The number of nitrogens with two attached hydrogens (primary N) is 2. The summed E-state index contributed by atoms with van der Waals surface area (Å²) in [6.45, 7) is 6.90. The molecule has 2 aliphatic rings. The van der Waals surface area contributed by atoms with E-state index in [9.17, 15) is 19.5 Å². The van der Waals surface area contributed by atoms with Crippen molar-refractivity contribution < 1.29 is 19.5 Å². The maximum absolute atomic E-state index is 13.3. The van der Waals surface area contributed by atoms with Gasteiger partial charge in [0.05, 0.1) is 30.7 Å². The number of likely N-dealkylation sites (tertiary alicyclic amines) is 1. The quantitative estimate of drug-likeness (QED) is 0.315. The zero-order chi connectivity index (χ0) is 27.2. The average Bonchev–Trinajstić information content (AvgIpc) is 2.82. The summed E-state index contributed by atoms with van der Waals surface area (Å²) in [5.41, 5.74) is 11.7. The van der Waals surface area contributed by atoms with Crippen molar-refractivity contribution in [2.45, 2.75) is 95.5 Å². The molecule has 1 aliphatic heterocycles. The predicted octanol–water partition coefficient (Wildman–Crippen LogP) is 1.07. The molecule has 3 amide bonds. The van der Waals surface area contributed by atoms with Crippen LogP contribution < -0.4 is 22.1 Å². The van der Waals surface area contributed by atoms with Gasteiger partial charge in [-0.3, -0.25) is 19.3 Å². The second kappa shape index (κ2) is 12.8. The third-order valence-corrected chi connectivity index (χ3v) is 7.57. The number of benzene rings is 1. The molecule has 37 heavy (non-hydrogen) atoms. The van der Waals surface area contributed by atoms with Crippen LogP contribution in [0.3, 0.4) is 0 Å². The summed E-state index contributed by atoms with van der Waals surface area (Å²) in [4.78, 5) is 39.5. The van der Waals surface area contributed by atoms with E-state index in [-0.39, 0.29) is 30.5 Å². The second-order valence-electron chi connectivity index (χ2n) is 11.9. The van der Waals surface area contributed by atoms with Crippen molar-refractivity contribution in [2.75, 3.05) is 13.1 Å². The average molecular weight is 516 g/mol. The molecule has 0 aromatic heterocycles. The number of aliphatic hydroxyl groups excluding tert-OH is 1. The van der Waals surface area contributed by atoms with E-state index in [1.54, 1.807) is 0 Å². The number of aliphatic hydroxyl groups is 1. The number of carbonyl (C=O) groups is 3. The van der Waals surface area contributed by atoms with Gasteiger partial charge in [0.15, 0.2) is 0 Å². The van der Waals surface area contributed by atoms with E-state index in [1.165, 1.54) is 12.8 Å². The number of primary amides is 1. The van der Waals surface area contributed by atoms with Gasteiger partial charge in [0.25, 0.3) is 0 Å². The third kappa shape index (κ3) is 8.79. The summed E-state index contributed by atoms with van der Waals surface area (Å²) in [6, 6.07) is 7.50. The fourth-order valence-electron chi connectivity index (χ4n) is 5.74. The maximum atomic E-state index is 13.3. The summed E-state index contributed by atoms with van der Waals surface area (Å²) >= 11 is 0. The lowest BCUT2D eigenvalue weighted by Crippen LogP contribution is -2.60. The van der Waals surface area contributed by atoms with E-state index in [1.807, 2.05) is 51.1 Å². The van der Waals surface area contributed by atoms with Crippen molar-refractivity contribution in [2.24, 2.45) is 23.3 Å². The van der Waals surface area contributed by atoms with Gasteiger partial charge in [0.2, 0.25) is 17.7 Å². The molecule has 1 aromatic rings. The SMILES string of the molecule is CC(C)(C)NC(=O)[C@H]1C[C@H]2CCCC[C@H]2CN1C[C@H](O)[C@H](Cc1ccccc1)NC(=O)[C@@H](N)CC(N)=O. The first-order chi connectivity index (χ1) is 17.4. The lowest BCUT2D eigenvalue weighted by Gasteiger charge is -2.47. The molecule has 1 saturated carbocycles. The number of fused-ring (bicyclic) bond motifs is 1. The van der Waals surface area contributed by atoms with E-state index in [2.05, 4.69) is 15.5 Å². The molecule has 1 saturated heterocycles. The lowest BCUT2D eigenvalue weighted by atomic mass is 9.72. The van der Waals surface area contributed by atoms with Crippen molar-refractivity contribution >= 4 is 17.7 Å². The van der Waals surface area contributed by atoms with E-state index in [0.717, 1.165) is 31.4 Å².